The van der Waals surface area contributed by atoms with Crippen LogP contribution in [0.4, 0.5) is 8.78 Å². The van der Waals surface area contributed by atoms with Gasteiger partial charge in [-0.05, 0) is 17.5 Å². The van der Waals surface area contributed by atoms with E-state index in [9.17, 15) is 13.6 Å². The van der Waals surface area contributed by atoms with E-state index in [4.69, 9.17) is 14.6 Å². The average molecular weight is 360 g/mol. The summed E-state index contributed by atoms with van der Waals surface area (Å²) in [6.45, 7) is -0.0854. The van der Waals surface area contributed by atoms with Crippen LogP contribution in [0.1, 0.15) is 17.7 Å². The Hall–Kier alpha value is -1.93. The summed E-state index contributed by atoms with van der Waals surface area (Å²) in [5.41, 5.74) is 0. The number of carbonyl (C=O) groups is 1. The van der Waals surface area contributed by atoms with E-state index in [0.29, 0.717) is 21.6 Å². The van der Waals surface area contributed by atoms with Crippen LogP contribution in [0.5, 0.6) is 11.5 Å². The maximum atomic E-state index is 14.3. The smallest absolute Gasteiger partial charge is 0.305 e. The minimum atomic E-state index is -3.13. The van der Waals surface area contributed by atoms with Crippen molar-refractivity contribution >= 4 is 27.4 Å². The highest BCUT2D eigenvalue weighted by Crippen LogP contribution is 2.43. The first-order valence-electron chi connectivity index (χ1n) is 7.21. The molecule has 0 fully saturated rings. The SMILES string of the molecule is COC(=O)CCC(F)(F)c1cc2cc(OC)c(OCCO)cc2s1. The van der Waals surface area contributed by atoms with E-state index in [-0.39, 0.29) is 24.5 Å². The molecular formula is C16H18F2O5S. The van der Waals surface area contributed by atoms with Gasteiger partial charge in [0, 0.05) is 17.2 Å². The maximum Gasteiger partial charge on any atom is 0.305 e. The first-order chi connectivity index (χ1) is 11.4. The van der Waals surface area contributed by atoms with Gasteiger partial charge in [-0.15, -0.1) is 11.3 Å². The number of ether oxygens (including phenoxy) is 3. The molecule has 0 bridgehead atoms. The fraction of sp³-hybridized carbons (Fsp3) is 0.438. The van der Waals surface area contributed by atoms with Gasteiger partial charge in [-0.1, -0.05) is 0 Å². The van der Waals surface area contributed by atoms with Gasteiger partial charge >= 0.3 is 5.97 Å². The summed E-state index contributed by atoms with van der Waals surface area (Å²) in [7, 11) is 2.62. The molecule has 0 saturated carbocycles. The molecule has 24 heavy (non-hydrogen) atoms. The third-order valence-electron chi connectivity index (χ3n) is 3.38. The number of methoxy groups -OCH3 is 2. The number of halogens is 2. The Bertz CT molecular complexity index is 714. The van der Waals surface area contributed by atoms with Crippen molar-refractivity contribution in [1.82, 2.24) is 0 Å². The Morgan fingerprint density at radius 3 is 2.62 bits per heavy atom. The summed E-state index contributed by atoms with van der Waals surface area (Å²) in [5.74, 6) is -3.02. The monoisotopic (exact) mass is 360 g/mol. The second kappa shape index (κ2) is 7.76. The van der Waals surface area contributed by atoms with Crippen LogP contribution in [0.25, 0.3) is 10.1 Å². The Morgan fingerprint density at radius 2 is 2.00 bits per heavy atom. The molecule has 0 aliphatic rings. The van der Waals surface area contributed by atoms with Gasteiger partial charge in [0.05, 0.1) is 32.1 Å². The normalized spacial score (nSPS) is 11.5. The molecule has 1 N–H and O–H groups in total. The van der Waals surface area contributed by atoms with Gasteiger partial charge in [0.25, 0.3) is 5.92 Å². The maximum absolute atomic E-state index is 14.3. The molecule has 0 saturated heterocycles. The zero-order valence-electron chi connectivity index (χ0n) is 13.3. The summed E-state index contributed by atoms with van der Waals surface area (Å²) in [5, 5.41) is 9.44. The second-order valence-electron chi connectivity index (χ2n) is 5.00. The number of thiophene rings is 1. The van der Waals surface area contributed by atoms with Gasteiger partial charge in [0.2, 0.25) is 0 Å². The molecule has 0 aliphatic carbocycles. The summed E-state index contributed by atoms with van der Waals surface area (Å²) in [6.07, 6.45) is -0.969. The predicted octanol–water partition coefficient (Wildman–Crippen LogP) is 3.33. The first-order valence-corrected chi connectivity index (χ1v) is 8.03. The molecule has 2 aromatic rings. The third kappa shape index (κ3) is 4.12. The highest BCUT2D eigenvalue weighted by atomic mass is 32.1. The van der Waals surface area contributed by atoms with Crippen molar-refractivity contribution in [2.24, 2.45) is 0 Å². The Kier molecular flexibility index (Phi) is 5.95. The highest BCUT2D eigenvalue weighted by molar-refractivity contribution is 7.19. The quantitative estimate of drug-likeness (QED) is 0.732. The van der Waals surface area contributed by atoms with Crippen LogP contribution in [-0.2, 0) is 15.5 Å². The van der Waals surface area contributed by atoms with Crippen molar-refractivity contribution in [1.29, 1.82) is 0 Å². The number of esters is 1. The number of aliphatic hydroxyl groups is 1. The van der Waals surface area contributed by atoms with E-state index in [1.54, 1.807) is 12.1 Å². The lowest BCUT2D eigenvalue weighted by atomic mass is 10.1. The molecule has 0 unspecified atom stereocenters. The van der Waals surface area contributed by atoms with Crippen LogP contribution < -0.4 is 9.47 Å². The second-order valence-corrected chi connectivity index (χ2v) is 6.09. The lowest BCUT2D eigenvalue weighted by Crippen LogP contribution is -2.14. The number of benzene rings is 1. The van der Waals surface area contributed by atoms with Crippen molar-refractivity contribution in [2.45, 2.75) is 18.8 Å². The van der Waals surface area contributed by atoms with E-state index in [1.165, 1.54) is 20.3 Å². The van der Waals surface area contributed by atoms with Crippen LogP contribution in [-0.4, -0.2) is 38.5 Å². The van der Waals surface area contributed by atoms with E-state index in [2.05, 4.69) is 4.74 Å². The molecule has 5 nitrogen and oxygen atoms in total. The number of alkyl halides is 2. The topological polar surface area (TPSA) is 65.0 Å². The molecule has 1 aromatic heterocycles. The predicted molar refractivity (Wildman–Crippen MR) is 86.1 cm³/mol. The Balaban J connectivity index is 2.30. The molecule has 8 heteroatoms. The average Bonchev–Trinajstić information content (AvgIpc) is 3.00. The fourth-order valence-electron chi connectivity index (χ4n) is 2.14. The molecule has 1 aromatic carbocycles. The molecular weight excluding hydrogens is 342 g/mol. The van der Waals surface area contributed by atoms with Crippen LogP contribution in [0, 0.1) is 0 Å². The van der Waals surface area contributed by atoms with Crippen molar-refractivity contribution in [2.75, 3.05) is 27.4 Å². The van der Waals surface area contributed by atoms with Crippen LogP contribution in [0.2, 0.25) is 0 Å². The molecule has 0 amide bonds. The third-order valence-corrected chi connectivity index (χ3v) is 4.59. The standard InChI is InChI=1S/C16H18F2O5S/c1-21-11-7-10-8-14(16(17,18)4-3-15(20)22-2)24-13(10)9-12(11)23-6-5-19/h7-9,19H,3-6H2,1-2H3. The molecule has 0 radical (unpaired) electrons. The van der Waals surface area contributed by atoms with Gasteiger partial charge in [-0.25, -0.2) is 8.78 Å². The summed E-state index contributed by atoms with van der Waals surface area (Å²) in [6, 6.07) is 4.60. The van der Waals surface area contributed by atoms with Gasteiger partial charge in [-0.3, -0.25) is 4.79 Å². The largest absolute Gasteiger partial charge is 0.493 e. The van der Waals surface area contributed by atoms with Gasteiger partial charge in [-0.2, -0.15) is 0 Å². The summed E-state index contributed by atoms with van der Waals surface area (Å²) < 4.78 is 44.1. The fourth-order valence-corrected chi connectivity index (χ4v) is 3.22. The van der Waals surface area contributed by atoms with Crippen LogP contribution in [0.15, 0.2) is 18.2 Å². The zero-order chi connectivity index (χ0) is 17.7. The molecule has 1 heterocycles. The molecule has 0 atom stereocenters. The molecule has 2 rings (SSSR count). The summed E-state index contributed by atoms with van der Waals surface area (Å²) >= 11 is 0.930. The van der Waals surface area contributed by atoms with Gasteiger partial charge in [0.15, 0.2) is 11.5 Å². The van der Waals surface area contributed by atoms with Crippen molar-refractivity contribution in [3.8, 4) is 11.5 Å². The van der Waals surface area contributed by atoms with Crippen molar-refractivity contribution in [3.63, 3.8) is 0 Å². The van der Waals surface area contributed by atoms with E-state index in [1.807, 2.05) is 0 Å². The Morgan fingerprint density at radius 1 is 1.25 bits per heavy atom. The van der Waals surface area contributed by atoms with Crippen LogP contribution in [0.3, 0.4) is 0 Å². The van der Waals surface area contributed by atoms with E-state index in [0.717, 1.165) is 11.3 Å². The number of hydrogen-bond acceptors (Lipinski definition) is 6. The molecule has 0 aliphatic heterocycles. The highest BCUT2D eigenvalue weighted by Gasteiger charge is 2.34. The minimum absolute atomic E-state index is 0.0788. The van der Waals surface area contributed by atoms with Crippen molar-refractivity contribution < 1.29 is 32.9 Å². The van der Waals surface area contributed by atoms with E-state index < -0.39 is 18.3 Å². The zero-order valence-corrected chi connectivity index (χ0v) is 14.1. The first kappa shape index (κ1) is 18.4. The number of hydrogen-bond donors (Lipinski definition) is 1. The van der Waals surface area contributed by atoms with Crippen LogP contribution >= 0.6 is 11.3 Å². The van der Waals surface area contributed by atoms with E-state index >= 15 is 0 Å². The summed E-state index contributed by atoms with van der Waals surface area (Å²) in [4.78, 5) is 10.9. The lowest BCUT2D eigenvalue weighted by Gasteiger charge is -2.13. The number of rotatable bonds is 8. The Labute approximate surface area is 141 Å². The van der Waals surface area contributed by atoms with Crippen molar-refractivity contribution in [3.05, 3.63) is 23.1 Å². The lowest BCUT2D eigenvalue weighted by molar-refractivity contribution is -0.142. The molecule has 132 valence electrons. The minimum Gasteiger partial charge on any atom is -0.493 e. The van der Waals surface area contributed by atoms with Gasteiger partial charge < -0.3 is 19.3 Å². The van der Waals surface area contributed by atoms with Gasteiger partial charge in [0.1, 0.15) is 6.61 Å². The number of aliphatic hydroxyl groups excluding tert-OH is 1. The number of fused-ring (bicyclic) bond motifs is 1. The number of carbonyl (C=O) groups excluding carboxylic acids is 1. The molecule has 0 spiro atoms.